The number of nitrogens with zero attached hydrogens (tertiary/aromatic N) is 3. The minimum atomic E-state index is -3.01. The first-order valence-electron chi connectivity index (χ1n) is 9.87. The molecule has 1 atom stereocenters. The van der Waals surface area contributed by atoms with Crippen LogP contribution in [0.15, 0.2) is 30.5 Å². The molecule has 166 valence electrons. The monoisotopic (exact) mass is 435 g/mol. The Labute approximate surface area is 178 Å². The van der Waals surface area contributed by atoms with Gasteiger partial charge in [-0.15, -0.1) is 0 Å². The van der Waals surface area contributed by atoms with Crippen molar-refractivity contribution in [2.45, 2.75) is 45.3 Å². The number of piperidine rings is 1. The molecule has 10 heteroatoms. The Kier molecular flexibility index (Phi) is 6.77. The van der Waals surface area contributed by atoms with Gasteiger partial charge in [-0.3, -0.25) is 9.59 Å². The Morgan fingerprint density at radius 1 is 1.26 bits per heavy atom. The maximum Gasteiger partial charge on any atom is 0.273 e. The number of likely N-dealkylation sites (tertiary alicyclic amines) is 1. The lowest BCUT2D eigenvalue weighted by Crippen LogP contribution is -2.55. The van der Waals surface area contributed by atoms with Crippen LogP contribution in [0.5, 0.6) is 0 Å². The molecular weight excluding hydrogens is 411 g/mol. The number of halogens is 3. The van der Waals surface area contributed by atoms with Crippen LogP contribution in [0.2, 0.25) is 0 Å². The van der Waals surface area contributed by atoms with E-state index in [9.17, 15) is 22.8 Å². The molecule has 0 saturated carbocycles. The molecule has 0 aliphatic carbocycles. The van der Waals surface area contributed by atoms with E-state index in [1.54, 1.807) is 19.1 Å². The maximum atomic E-state index is 14.1. The van der Waals surface area contributed by atoms with Gasteiger partial charge in [0.2, 0.25) is 5.91 Å². The van der Waals surface area contributed by atoms with Gasteiger partial charge in [-0.25, -0.2) is 23.1 Å². The molecule has 7 nitrogen and oxygen atoms in total. The van der Waals surface area contributed by atoms with Gasteiger partial charge < -0.3 is 15.5 Å². The van der Waals surface area contributed by atoms with Crippen molar-refractivity contribution in [2.24, 2.45) is 0 Å². The second-order valence-electron chi connectivity index (χ2n) is 7.59. The number of aryl methyl sites for hydroxylation is 1. The number of nitrogens with one attached hydrogen (secondary N) is 2. The van der Waals surface area contributed by atoms with Crippen LogP contribution in [-0.4, -0.2) is 51.7 Å². The summed E-state index contributed by atoms with van der Waals surface area (Å²) in [6.45, 7) is 1.69. The van der Waals surface area contributed by atoms with Crippen molar-refractivity contribution in [2.75, 3.05) is 18.4 Å². The topological polar surface area (TPSA) is 87.2 Å². The molecule has 1 aliphatic rings. The summed E-state index contributed by atoms with van der Waals surface area (Å²) in [5.74, 6) is -3.32. The highest BCUT2D eigenvalue weighted by atomic mass is 19.3. The van der Waals surface area contributed by atoms with Crippen molar-refractivity contribution in [1.29, 1.82) is 0 Å². The zero-order chi connectivity index (χ0) is 22.6. The average Bonchev–Trinajstić information content (AvgIpc) is 2.73. The summed E-state index contributed by atoms with van der Waals surface area (Å²) in [6.07, 6.45) is 1.15. The predicted molar refractivity (Wildman–Crippen MR) is 109 cm³/mol. The number of carbonyl (C=O) groups is 2. The molecule has 2 aromatic heterocycles. The molecule has 1 fully saturated rings. The fourth-order valence-electron chi connectivity index (χ4n) is 3.41. The Morgan fingerprint density at radius 2 is 2.03 bits per heavy atom. The summed E-state index contributed by atoms with van der Waals surface area (Å²) in [6, 6.07) is 5.76. The SMILES string of the molecule is CC(=O)NCC1CCC(F)(F)CN1C(=O)c1nc(Nc2cc(CF)ccn2)ccc1C. The molecular formula is C21H24F3N5O2. The number of hydrogen-bond donors (Lipinski definition) is 2. The van der Waals surface area contributed by atoms with Crippen LogP contribution in [0, 0.1) is 6.92 Å². The molecule has 2 N–H and O–H groups in total. The van der Waals surface area contributed by atoms with E-state index in [1.165, 1.54) is 25.3 Å². The lowest BCUT2D eigenvalue weighted by atomic mass is 9.98. The van der Waals surface area contributed by atoms with Crippen LogP contribution < -0.4 is 10.6 Å². The molecule has 1 unspecified atom stereocenters. The molecule has 3 heterocycles. The van der Waals surface area contributed by atoms with Gasteiger partial charge in [-0.1, -0.05) is 6.07 Å². The number of aromatic nitrogens is 2. The van der Waals surface area contributed by atoms with E-state index in [1.807, 2.05) is 0 Å². The van der Waals surface area contributed by atoms with Crippen molar-refractivity contribution in [3.8, 4) is 0 Å². The van der Waals surface area contributed by atoms with Crippen molar-refractivity contribution < 1.29 is 22.8 Å². The number of alkyl halides is 3. The predicted octanol–water partition coefficient (Wildman–Crippen LogP) is 3.37. The zero-order valence-corrected chi connectivity index (χ0v) is 17.3. The first-order valence-corrected chi connectivity index (χ1v) is 9.87. The van der Waals surface area contributed by atoms with Gasteiger partial charge in [-0.2, -0.15) is 0 Å². The van der Waals surface area contributed by atoms with Gasteiger partial charge in [0.25, 0.3) is 11.8 Å². The van der Waals surface area contributed by atoms with E-state index in [0.29, 0.717) is 16.9 Å². The summed E-state index contributed by atoms with van der Waals surface area (Å²) < 4.78 is 41.1. The third-order valence-corrected chi connectivity index (χ3v) is 5.07. The summed E-state index contributed by atoms with van der Waals surface area (Å²) in [5, 5.41) is 5.51. The van der Waals surface area contributed by atoms with E-state index < -0.39 is 31.1 Å². The second kappa shape index (κ2) is 9.32. The second-order valence-corrected chi connectivity index (χ2v) is 7.59. The van der Waals surface area contributed by atoms with E-state index >= 15 is 0 Å². The molecule has 1 saturated heterocycles. The van der Waals surface area contributed by atoms with Gasteiger partial charge in [0.15, 0.2) is 0 Å². The zero-order valence-electron chi connectivity index (χ0n) is 17.3. The van der Waals surface area contributed by atoms with E-state index in [2.05, 4.69) is 20.6 Å². The van der Waals surface area contributed by atoms with Gasteiger partial charge in [-0.05, 0) is 42.7 Å². The van der Waals surface area contributed by atoms with Crippen LogP contribution in [-0.2, 0) is 11.5 Å². The molecule has 2 amide bonds. The Bertz CT molecular complexity index is 970. The number of hydrogen-bond acceptors (Lipinski definition) is 5. The van der Waals surface area contributed by atoms with Gasteiger partial charge in [0.1, 0.15) is 24.0 Å². The van der Waals surface area contributed by atoms with E-state index in [4.69, 9.17) is 0 Å². The molecule has 31 heavy (non-hydrogen) atoms. The van der Waals surface area contributed by atoms with Crippen LogP contribution in [0.1, 0.15) is 41.4 Å². The van der Waals surface area contributed by atoms with E-state index in [-0.39, 0.29) is 36.8 Å². The summed E-state index contributed by atoms with van der Waals surface area (Å²) in [4.78, 5) is 33.9. The van der Waals surface area contributed by atoms with Gasteiger partial charge in [0, 0.05) is 32.1 Å². The molecule has 0 spiro atoms. The van der Waals surface area contributed by atoms with Crippen LogP contribution in [0.3, 0.4) is 0 Å². The van der Waals surface area contributed by atoms with Crippen molar-refractivity contribution in [3.05, 3.63) is 47.3 Å². The minimum Gasteiger partial charge on any atom is -0.354 e. The Hall–Kier alpha value is -3.17. The Balaban J connectivity index is 1.85. The van der Waals surface area contributed by atoms with Crippen molar-refractivity contribution in [1.82, 2.24) is 20.2 Å². The fourth-order valence-corrected chi connectivity index (χ4v) is 3.41. The summed E-state index contributed by atoms with van der Waals surface area (Å²) in [7, 11) is 0. The van der Waals surface area contributed by atoms with Gasteiger partial charge in [0.05, 0.1) is 6.54 Å². The first-order chi connectivity index (χ1) is 14.7. The quantitative estimate of drug-likeness (QED) is 0.727. The fraction of sp³-hybridized carbons (Fsp3) is 0.429. The molecule has 0 aromatic carbocycles. The van der Waals surface area contributed by atoms with Crippen LogP contribution >= 0.6 is 0 Å². The summed E-state index contributed by atoms with van der Waals surface area (Å²) >= 11 is 0. The third kappa shape index (κ3) is 5.71. The minimum absolute atomic E-state index is 0.0252. The first kappa shape index (κ1) is 22.5. The van der Waals surface area contributed by atoms with Crippen molar-refractivity contribution >= 4 is 23.5 Å². The molecule has 3 rings (SSSR count). The van der Waals surface area contributed by atoms with Crippen LogP contribution in [0.25, 0.3) is 0 Å². The number of pyridine rings is 2. The number of rotatable bonds is 6. The standard InChI is InChI=1S/C21H24F3N5O2/c1-13-3-4-17(27-18-9-15(10-22)6-8-25-18)28-19(13)20(31)29-12-21(23,24)7-5-16(29)11-26-14(2)30/h3-4,6,8-9,16H,5,7,10-12H2,1-2H3,(H,26,30)(H,25,27,28). The third-order valence-electron chi connectivity index (χ3n) is 5.07. The molecule has 1 aliphatic heterocycles. The van der Waals surface area contributed by atoms with Crippen molar-refractivity contribution in [3.63, 3.8) is 0 Å². The molecule has 2 aromatic rings. The maximum absolute atomic E-state index is 14.1. The highest BCUT2D eigenvalue weighted by molar-refractivity contribution is 5.94. The highest BCUT2D eigenvalue weighted by Crippen LogP contribution is 2.31. The molecule has 0 radical (unpaired) electrons. The lowest BCUT2D eigenvalue weighted by molar-refractivity contribution is -0.119. The smallest absolute Gasteiger partial charge is 0.273 e. The number of anilines is 2. The normalized spacial score (nSPS) is 17.8. The highest BCUT2D eigenvalue weighted by Gasteiger charge is 2.42. The average molecular weight is 435 g/mol. The van der Waals surface area contributed by atoms with Crippen LogP contribution in [0.4, 0.5) is 24.8 Å². The van der Waals surface area contributed by atoms with Gasteiger partial charge >= 0.3 is 0 Å². The Morgan fingerprint density at radius 3 is 2.74 bits per heavy atom. The van der Waals surface area contributed by atoms with E-state index in [0.717, 1.165) is 4.90 Å². The summed E-state index contributed by atoms with van der Waals surface area (Å²) in [5.41, 5.74) is 0.975. The number of carbonyl (C=O) groups excluding carboxylic acids is 2. The largest absolute Gasteiger partial charge is 0.354 e. The number of amides is 2. The lowest BCUT2D eigenvalue weighted by Gasteiger charge is -2.39. The molecule has 0 bridgehead atoms.